The molecule has 5 heteroatoms. The molecule has 4 aromatic rings. The number of benzene rings is 3. The molecule has 0 aliphatic rings. The summed E-state index contributed by atoms with van der Waals surface area (Å²) in [5.41, 5.74) is 3.35. The van der Waals surface area contributed by atoms with E-state index in [1.807, 2.05) is 42.5 Å². The second-order valence-electron chi connectivity index (χ2n) is 6.46. The Morgan fingerprint density at radius 3 is 2.07 bits per heavy atom. The number of esters is 2. The van der Waals surface area contributed by atoms with Gasteiger partial charge in [-0.1, -0.05) is 48.5 Å². The van der Waals surface area contributed by atoms with Crippen molar-refractivity contribution >= 4 is 33.9 Å². The van der Waals surface area contributed by atoms with E-state index >= 15 is 0 Å². The van der Waals surface area contributed by atoms with Crippen molar-refractivity contribution in [2.24, 2.45) is 0 Å². The number of carbonyl (C=O) groups excluding carboxylic acids is 2. The lowest BCUT2D eigenvalue weighted by molar-refractivity contribution is 0.0519. The van der Waals surface area contributed by atoms with Gasteiger partial charge in [-0.15, -0.1) is 0 Å². The maximum atomic E-state index is 12.5. The number of hydrogen-bond acceptors (Lipinski definition) is 5. The zero-order chi connectivity index (χ0) is 20.4. The molecule has 0 atom stereocenters. The van der Waals surface area contributed by atoms with Gasteiger partial charge in [0.15, 0.2) is 5.58 Å². The smallest absolute Gasteiger partial charge is 0.341 e. The second kappa shape index (κ2) is 7.80. The average Bonchev–Trinajstić information content (AvgIpc) is 3.13. The molecule has 0 fully saturated rings. The Hall–Kier alpha value is -3.60. The fourth-order valence-electron chi connectivity index (χ4n) is 3.50. The molecule has 0 unspecified atom stereocenters. The van der Waals surface area contributed by atoms with Gasteiger partial charge in [0, 0.05) is 10.8 Å². The molecule has 3 aromatic carbocycles. The number of para-hydroxylation sites is 1. The number of rotatable bonds is 5. The summed E-state index contributed by atoms with van der Waals surface area (Å²) in [5.74, 6) is -0.926. The van der Waals surface area contributed by atoms with Gasteiger partial charge < -0.3 is 13.9 Å². The van der Waals surface area contributed by atoms with Crippen molar-refractivity contribution < 1.29 is 23.5 Å². The monoisotopic (exact) mass is 388 g/mol. The lowest BCUT2D eigenvalue weighted by Gasteiger charge is -2.07. The van der Waals surface area contributed by atoms with Crippen LogP contribution in [0.25, 0.3) is 33.1 Å². The van der Waals surface area contributed by atoms with Gasteiger partial charge in [0.1, 0.15) is 16.7 Å². The van der Waals surface area contributed by atoms with Crippen LogP contribution in [0.5, 0.6) is 0 Å². The summed E-state index contributed by atoms with van der Waals surface area (Å²) < 4.78 is 16.5. The van der Waals surface area contributed by atoms with Crippen molar-refractivity contribution in [3.05, 3.63) is 71.8 Å². The Labute approximate surface area is 167 Å². The molecular formula is C24H20O5. The summed E-state index contributed by atoms with van der Waals surface area (Å²) in [6.45, 7) is 4.03. The van der Waals surface area contributed by atoms with E-state index in [1.165, 1.54) is 0 Å². The Morgan fingerprint density at radius 1 is 0.759 bits per heavy atom. The zero-order valence-corrected chi connectivity index (χ0v) is 16.2. The van der Waals surface area contributed by atoms with Gasteiger partial charge in [-0.3, -0.25) is 0 Å². The summed E-state index contributed by atoms with van der Waals surface area (Å²) >= 11 is 0. The van der Waals surface area contributed by atoms with Crippen LogP contribution in [0.15, 0.2) is 65.1 Å². The third-order valence-corrected chi connectivity index (χ3v) is 4.72. The molecular weight excluding hydrogens is 368 g/mol. The summed E-state index contributed by atoms with van der Waals surface area (Å²) in [6.07, 6.45) is 0. The van der Waals surface area contributed by atoms with Gasteiger partial charge >= 0.3 is 11.9 Å². The second-order valence-corrected chi connectivity index (χ2v) is 6.46. The molecule has 0 bridgehead atoms. The van der Waals surface area contributed by atoms with Crippen LogP contribution < -0.4 is 0 Å². The Balaban J connectivity index is 2.08. The number of furan rings is 1. The summed E-state index contributed by atoms with van der Waals surface area (Å²) in [7, 11) is 0. The minimum Gasteiger partial charge on any atom is -0.462 e. The average molecular weight is 388 g/mol. The van der Waals surface area contributed by atoms with Crippen LogP contribution in [-0.4, -0.2) is 25.2 Å². The third kappa shape index (κ3) is 3.25. The summed E-state index contributed by atoms with van der Waals surface area (Å²) in [4.78, 5) is 25.0. The third-order valence-electron chi connectivity index (χ3n) is 4.72. The molecule has 146 valence electrons. The molecule has 0 radical (unpaired) electrons. The van der Waals surface area contributed by atoms with Gasteiger partial charge in [0.05, 0.1) is 13.2 Å². The summed E-state index contributed by atoms with van der Waals surface area (Å²) in [5, 5.41) is 1.51. The van der Waals surface area contributed by atoms with Crippen LogP contribution in [0, 0.1) is 0 Å². The lowest BCUT2D eigenvalue weighted by Crippen LogP contribution is -2.05. The SMILES string of the molecule is CCOC(=O)c1cccc2c1oc1c(C(=O)OCC)ccc(-c3ccccc3)c12. The Morgan fingerprint density at radius 2 is 1.41 bits per heavy atom. The van der Waals surface area contributed by atoms with E-state index in [0.717, 1.165) is 21.9 Å². The van der Waals surface area contributed by atoms with E-state index in [4.69, 9.17) is 13.9 Å². The van der Waals surface area contributed by atoms with E-state index in [0.29, 0.717) is 22.3 Å². The first-order valence-electron chi connectivity index (χ1n) is 9.53. The minimum atomic E-state index is -0.464. The molecule has 1 heterocycles. The minimum absolute atomic E-state index is 0.259. The van der Waals surface area contributed by atoms with Crippen LogP contribution in [0.3, 0.4) is 0 Å². The van der Waals surface area contributed by atoms with Crippen molar-refractivity contribution in [1.82, 2.24) is 0 Å². The van der Waals surface area contributed by atoms with E-state index in [9.17, 15) is 9.59 Å². The van der Waals surface area contributed by atoms with Gasteiger partial charge in [-0.25, -0.2) is 9.59 Å². The zero-order valence-electron chi connectivity index (χ0n) is 16.2. The van der Waals surface area contributed by atoms with Crippen molar-refractivity contribution in [1.29, 1.82) is 0 Å². The van der Waals surface area contributed by atoms with E-state index in [2.05, 4.69) is 0 Å². The number of ether oxygens (including phenoxy) is 2. The molecule has 5 nitrogen and oxygen atoms in total. The normalized spacial score (nSPS) is 11.0. The highest BCUT2D eigenvalue weighted by Crippen LogP contribution is 2.39. The van der Waals surface area contributed by atoms with Gasteiger partial charge in [-0.05, 0) is 37.1 Å². The van der Waals surface area contributed by atoms with E-state index < -0.39 is 11.9 Å². The van der Waals surface area contributed by atoms with Crippen LogP contribution in [0.4, 0.5) is 0 Å². The van der Waals surface area contributed by atoms with Gasteiger partial charge in [0.25, 0.3) is 0 Å². The largest absolute Gasteiger partial charge is 0.462 e. The van der Waals surface area contributed by atoms with Crippen molar-refractivity contribution in [3.8, 4) is 11.1 Å². The first-order chi connectivity index (χ1) is 14.2. The van der Waals surface area contributed by atoms with Crippen LogP contribution >= 0.6 is 0 Å². The highest BCUT2D eigenvalue weighted by Gasteiger charge is 2.23. The van der Waals surface area contributed by atoms with Crippen LogP contribution in [-0.2, 0) is 9.47 Å². The molecule has 4 rings (SSSR count). The first kappa shape index (κ1) is 18.7. The molecule has 0 amide bonds. The predicted molar refractivity (Wildman–Crippen MR) is 111 cm³/mol. The van der Waals surface area contributed by atoms with Crippen molar-refractivity contribution in [2.45, 2.75) is 13.8 Å². The molecule has 0 spiro atoms. The number of fused-ring (bicyclic) bond motifs is 3. The molecule has 0 saturated heterocycles. The predicted octanol–water partition coefficient (Wildman–Crippen LogP) is 5.61. The maximum Gasteiger partial charge on any atom is 0.341 e. The molecule has 0 aliphatic heterocycles. The Kier molecular flexibility index (Phi) is 5.04. The van der Waals surface area contributed by atoms with Crippen LogP contribution in [0.1, 0.15) is 34.6 Å². The highest BCUT2D eigenvalue weighted by molar-refractivity contribution is 6.20. The standard InChI is InChI=1S/C24H20O5/c1-3-27-23(25)18-12-8-11-17-20-16(15-9-6-5-7-10-15)13-14-19(24(26)28-4-2)22(20)29-21(17)18/h5-14H,3-4H2,1-2H3. The first-order valence-corrected chi connectivity index (χ1v) is 9.53. The fraction of sp³-hybridized carbons (Fsp3) is 0.167. The van der Waals surface area contributed by atoms with Gasteiger partial charge in [-0.2, -0.15) is 0 Å². The highest BCUT2D eigenvalue weighted by atomic mass is 16.5. The maximum absolute atomic E-state index is 12.5. The Bertz CT molecular complexity index is 1200. The lowest BCUT2D eigenvalue weighted by atomic mass is 9.96. The van der Waals surface area contributed by atoms with Crippen molar-refractivity contribution in [3.63, 3.8) is 0 Å². The number of carbonyl (C=O) groups is 2. The topological polar surface area (TPSA) is 65.7 Å². The van der Waals surface area contributed by atoms with E-state index in [1.54, 1.807) is 32.0 Å². The van der Waals surface area contributed by atoms with Gasteiger partial charge in [0.2, 0.25) is 0 Å². The molecule has 29 heavy (non-hydrogen) atoms. The summed E-state index contributed by atoms with van der Waals surface area (Å²) in [6, 6.07) is 18.7. The molecule has 0 saturated carbocycles. The van der Waals surface area contributed by atoms with E-state index in [-0.39, 0.29) is 13.2 Å². The molecule has 0 N–H and O–H groups in total. The molecule has 0 aliphatic carbocycles. The quantitative estimate of drug-likeness (QED) is 0.416. The fourth-order valence-corrected chi connectivity index (χ4v) is 3.50. The van der Waals surface area contributed by atoms with Crippen molar-refractivity contribution in [2.75, 3.05) is 13.2 Å². The van der Waals surface area contributed by atoms with Crippen LogP contribution in [0.2, 0.25) is 0 Å². The number of hydrogen-bond donors (Lipinski definition) is 0. The molecule has 1 aromatic heterocycles.